The van der Waals surface area contributed by atoms with Crippen LogP contribution in [0.2, 0.25) is 10.0 Å². The maximum Gasteiger partial charge on any atom is 0.253 e. The van der Waals surface area contributed by atoms with Crippen LogP contribution in [0.5, 0.6) is 0 Å². The van der Waals surface area contributed by atoms with E-state index in [1.54, 1.807) is 24.3 Å². The molecule has 1 N–H and O–H groups in total. The Morgan fingerprint density at radius 1 is 1.10 bits per heavy atom. The van der Waals surface area contributed by atoms with E-state index in [4.69, 9.17) is 23.2 Å². The molecule has 0 aliphatic heterocycles. The molecule has 110 valence electrons. The monoisotopic (exact) mass is 325 g/mol. The molecule has 0 radical (unpaired) electrons. The lowest BCUT2D eigenvalue weighted by molar-refractivity contribution is 0.0912. The van der Waals surface area contributed by atoms with Crippen LogP contribution in [0.3, 0.4) is 0 Å². The molecule has 2 rings (SSSR count). The first-order valence-corrected chi connectivity index (χ1v) is 7.09. The number of rotatable bonds is 3. The van der Waals surface area contributed by atoms with E-state index < -0.39 is 5.54 Å². The Balaban J connectivity index is 2.23. The van der Waals surface area contributed by atoms with Gasteiger partial charge in [-0.05, 0) is 49.7 Å². The van der Waals surface area contributed by atoms with Crippen molar-refractivity contribution in [2.24, 2.45) is 0 Å². The van der Waals surface area contributed by atoms with Gasteiger partial charge in [-0.2, -0.15) is 0 Å². The lowest BCUT2D eigenvalue weighted by atomic mass is 9.94. The van der Waals surface area contributed by atoms with Gasteiger partial charge >= 0.3 is 0 Å². The minimum absolute atomic E-state index is 0.287. The minimum Gasteiger partial charge on any atom is -0.343 e. The summed E-state index contributed by atoms with van der Waals surface area (Å²) in [5.41, 5.74) is 0.479. The van der Waals surface area contributed by atoms with Gasteiger partial charge < -0.3 is 5.32 Å². The van der Waals surface area contributed by atoms with Gasteiger partial charge in [-0.25, -0.2) is 4.39 Å². The second-order valence-electron chi connectivity index (χ2n) is 5.21. The van der Waals surface area contributed by atoms with Crippen LogP contribution in [0.1, 0.15) is 29.8 Å². The van der Waals surface area contributed by atoms with Crippen molar-refractivity contribution in [2.45, 2.75) is 19.4 Å². The van der Waals surface area contributed by atoms with Crippen molar-refractivity contribution in [1.82, 2.24) is 5.32 Å². The third-order valence-electron chi connectivity index (χ3n) is 3.17. The quantitative estimate of drug-likeness (QED) is 0.863. The largest absolute Gasteiger partial charge is 0.343 e. The van der Waals surface area contributed by atoms with Gasteiger partial charge in [0.2, 0.25) is 0 Å². The molecule has 5 heteroatoms. The third-order valence-corrected chi connectivity index (χ3v) is 3.72. The molecule has 2 aromatic carbocycles. The second kappa shape index (κ2) is 6.04. The molecule has 0 aliphatic carbocycles. The third kappa shape index (κ3) is 3.74. The molecule has 2 aromatic rings. The highest BCUT2D eigenvalue weighted by molar-refractivity contribution is 6.36. The van der Waals surface area contributed by atoms with Gasteiger partial charge in [0.1, 0.15) is 5.82 Å². The van der Waals surface area contributed by atoms with Crippen LogP contribution in [0.4, 0.5) is 4.39 Å². The van der Waals surface area contributed by atoms with Gasteiger partial charge in [0.05, 0.1) is 16.1 Å². The molecule has 0 bridgehead atoms. The molecule has 0 atom stereocenters. The number of halogens is 3. The standard InChI is InChI=1S/C16H14Cl2FNO/c1-16(2,10-3-6-12(19)7-4-10)20-15(21)13-8-5-11(17)9-14(13)18/h3-9H,1-2H3,(H,20,21). The summed E-state index contributed by atoms with van der Waals surface area (Å²) in [6.07, 6.45) is 0. The first-order valence-electron chi connectivity index (χ1n) is 6.33. The Kier molecular flexibility index (Phi) is 4.55. The molecule has 0 aliphatic rings. The summed E-state index contributed by atoms with van der Waals surface area (Å²) in [6, 6.07) is 10.7. The molecule has 0 spiro atoms. The van der Waals surface area contributed by atoms with Crippen LogP contribution in [-0.2, 0) is 5.54 Å². The molecule has 0 heterocycles. The van der Waals surface area contributed by atoms with Gasteiger partial charge in [-0.15, -0.1) is 0 Å². The fraction of sp³-hybridized carbons (Fsp3) is 0.188. The number of benzene rings is 2. The van der Waals surface area contributed by atoms with E-state index in [0.29, 0.717) is 10.6 Å². The number of amides is 1. The van der Waals surface area contributed by atoms with Gasteiger partial charge in [0.15, 0.2) is 0 Å². The Bertz CT molecular complexity index is 668. The summed E-state index contributed by atoms with van der Waals surface area (Å²) in [7, 11) is 0. The predicted molar refractivity (Wildman–Crippen MR) is 83.4 cm³/mol. The van der Waals surface area contributed by atoms with Crippen LogP contribution in [0.25, 0.3) is 0 Å². The molecule has 0 saturated carbocycles. The zero-order valence-electron chi connectivity index (χ0n) is 11.6. The van der Waals surface area contributed by atoms with E-state index in [0.717, 1.165) is 5.56 Å². The van der Waals surface area contributed by atoms with Gasteiger partial charge in [-0.3, -0.25) is 4.79 Å². The maximum atomic E-state index is 13.0. The van der Waals surface area contributed by atoms with E-state index in [1.165, 1.54) is 18.2 Å². The summed E-state index contributed by atoms with van der Waals surface area (Å²) in [6.45, 7) is 3.67. The second-order valence-corrected chi connectivity index (χ2v) is 6.05. The fourth-order valence-electron chi connectivity index (χ4n) is 1.96. The number of nitrogens with one attached hydrogen (secondary N) is 1. The smallest absolute Gasteiger partial charge is 0.253 e. The number of hydrogen-bond acceptors (Lipinski definition) is 1. The van der Waals surface area contributed by atoms with Crippen molar-refractivity contribution in [3.05, 3.63) is 69.5 Å². The predicted octanol–water partition coefficient (Wildman–Crippen LogP) is 4.80. The summed E-state index contributed by atoms with van der Waals surface area (Å²) in [4.78, 5) is 12.3. The minimum atomic E-state index is -0.659. The van der Waals surface area contributed by atoms with Crippen LogP contribution in [-0.4, -0.2) is 5.91 Å². The van der Waals surface area contributed by atoms with E-state index in [2.05, 4.69) is 5.32 Å². The van der Waals surface area contributed by atoms with E-state index in [-0.39, 0.29) is 16.7 Å². The average molecular weight is 326 g/mol. The summed E-state index contributed by atoms with van der Waals surface area (Å²) < 4.78 is 13.0. The molecule has 0 unspecified atom stereocenters. The van der Waals surface area contributed by atoms with Crippen molar-refractivity contribution in [3.8, 4) is 0 Å². The van der Waals surface area contributed by atoms with Crippen molar-refractivity contribution < 1.29 is 9.18 Å². The lowest BCUT2D eigenvalue weighted by Crippen LogP contribution is -2.41. The molecule has 21 heavy (non-hydrogen) atoms. The molecular weight excluding hydrogens is 312 g/mol. The first kappa shape index (κ1) is 15.8. The van der Waals surface area contributed by atoms with E-state index in [1.807, 2.05) is 13.8 Å². The Morgan fingerprint density at radius 2 is 1.71 bits per heavy atom. The molecule has 0 fully saturated rings. The topological polar surface area (TPSA) is 29.1 Å². The van der Waals surface area contributed by atoms with Crippen LogP contribution < -0.4 is 5.32 Å². The molecule has 1 amide bonds. The summed E-state index contributed by atoms with van der Waals surface area (Å²) in [5.74, 6) is -0.632. The Labute approximate surface area is 132 Å². The maximum absolute atomic E-state index is 13.0. The molecule has 0 aromatic heterocycles. The summed E-state index contributed by atoms with van der Waals surface area (Å²) >= 11 is 11.8. The van der Waals surface area contributed by atoms with E-state index >= 15 is 0 Å². The lowest BCUT2D eigenvalue weighted by Gasteiger charge is -2.27. The van der Waals surface area contributed by atoms with Crippen LogP contribution in [0.15, 0.2) is 42.5 Å². The normalized spacial score (nSPS) is 11.3. The van der Waals surface area contributed by atoms with Crippen molar-refractivity contribution in [2.75, 3.05) is 0 Å². The molecular formula is C16H14Cl2FNO. The van der Waals surface area contributed by atoms with Gasteiger partial charge in [0.25, 0.3) is 5.91 Å². The highest BCUT2D eigenvalue weighted by Crippen LogP contribution is 2.24. The Hall–Kier alpha value is -1.58. The first-order chi connectivity index (χ1) is 9.79. The zero-order chi connectivity index (χ0) is 15.6. The summed E-state index contributed by atoms with van der Waals surface area (Å²) in [5, 5.41) is 3.63. The highest BCUT2D eigenvalue weighted by atomic mass is 35.5. The van der Waals surface area contributed by atoms with Crippen LogP contribution >= 0.6 is 23.2 Å². The van der Waals surface area contributed by atoms with Crippen molar-refractivity contribution >= 4 is 29.1 Å². The van der Waals surface area contributed by atoms with Crippen molar-refractivity contribution in [3.63, 3.8) is 0 Å². The highest BCUT2D eigenvalue weighted by Gasteiger charge is 2.24. The number of hydrogen-bond donors (Lipinski definition) is 1. The fourth-order valence-corrected chi connectivity index (χ4v) is 2.46. The van der Waals surface area contributed by atoms with Gasteiger partial charge in [-0.1, -0.05) is 35.3 Å². The zero-order valence-corrected chi connectivity index (χ0v) is 13.1. The number of carbonyl (C=O) groups is 1. The SMILES string of the molecule is CC(C)(NC(=O)c1ccc(Cl)cc1Cl)c1ccc(F)cc1. The van der Waals surface area contributed by atoms with Crippen LogP contribution in [0, 0.1) is 5.82 Å². The average Bonchev–Trinajstić information content (AvgIpc) is 2.38. The molecule has 0 saturated heterocycles. The Morgan fingerprint density at radius 3 is 2.29 bits per heavy atom. The van der Waals surface area contributed by atoms with E-state index in [9.17, 15) is 9.18 Å². The molecule has 2 nitrogen and oxygen atoms in total. The van der Waals surface area contributed by atoms with Gasteiger partial charge in [0, 0.05) is 5.02 Å². The van der Waals surface area contributed by atoms with Crippen molar-refractivity contribution in [1.29, 1.82) is 0 Å². The number of carbonyl (C=O) groups excluding carboxylic acids is 1.